The van der Waals surface area contributed by atoms with Crippen LogP contribution in [0.5, 0.6) is 11.5 Å². The zero-order chi connectivity index (χ0) is 19.0. The monoisotopic (exact) mass is 369 g/mol. The van der Waals surface area contributed by atoms with Gasteiger partial charge in [-0.15, -0.1) is 0 Å². The molecule has 1 aliphatic heterocycles. The standard InChI is InChI=1S/C18H19N5O4/c1-26-15-9-11-12(10-13(15)24)20-18(21-16(11)19)23-6-4-22(5-7-23)17(25)14-3-2-8-27-14/h2-3,8-10,24H,4-7H2,1H3,(H2,19,20,21). The first-order valence-corrected chi connectivity index (χ1v) is 8.49. The number of phenols is 1. The summed E-state index contributed by atoms with van der Waals surface area (Å²) in [6, 6.07) is 6.47. The highest BCUT2D eigenvalue weighted by atomic mass is 16.5. The number of hydrogen-bond acceptors (Lipinski definition) is 8. The van der Waals surface area contributed by atoms with Crippen LogP contribution in [0.4, 0.5) is 11.8 Å². The molecule has 1 fully saturated rings. The highest BCUT2D eigenvalue weighted by Gasteiger charge is 2.25. The number of nitrogen functional groups attached to an aromatic ring is 1. The molecule has 9 heteroatoms. The molecule has 1 saturated heterocycles. The first-order valence-electron chi connectivity index (χ1n) is 8.49. The molecule has 9 nitrogen and oxygen atoms in total. The number of carbonyl (C=O) groups is 1. The summed E-state index contributed by atoms with van der Waals surface area (Å²) >= 11 is 0. The number of hydrogen-bond donors (Lipinski definition) is 2. The van der Waals surface area contributed by atoms with Crippen molar-refractivity contribution in [1.29, 1.82) is 0 Å². The van der Waals surface area contributed by atoms with Gasteiger partial charge in [-0.05, 0) is 18.2 Å². The van der Waals surface area contributed by atoms with Gasteiger partial charge in [-0.3, -0.25) is 4.79 Å². The Hall–Kier alpha value is -3.49. The number of anilines is 2. The smallest absolute Gasteiger partial charge is 0.289 e. The molecule has 0 atom stereocenters. The number of furan rings is 1. The maximum Gasteiger partial charge on any atom is 0.289 e. The molecule has 4 rings (SSSR count). The molecule has 0 radical (unpaired) electrons. The molecular weight excluding hydrogens is 350 g/mol. The third-order valence-electron chi connectivity index (χ3n) is 4.60. The summed E-state index contributed by atoms with van der Waals surface area (Å²) in [5, 5.41) is 10.6. The Kier molecular flexibility index (Phi) is 4.19. The highest BCUT2D eigenvalue weighted by molar-refractivity contribution is 5.92. The van der Waals surface area contributed by atoms with E-state index in [1.165, 1.54) is 19.4 Å². The van der Waals surface area contributed by atoms with Gasteiger partial charge in [0.2, 0.25) is 5.95 Å². The van der Waals surface area contributed by atoms with Crippen molar-refractivity contribution < 1.29 is 19.1 Å². The van der Waals surface area contributed by atoms with Gasteiger partial charge in [-0.1, -0.05) is 0 Å². The first-order chi connectivity index (χ1) is 13.1. The number of methoxy groups -OCH3 is 1. The molecule has 0 unspecified atom stereocenters. The van der Waals surface area contributed by atoms with E-state index in [1.54, 1.807) is 23.1 Å². The molecule has 140 valence electrons. The number of fused-ring (bicyclic) bond motifs is 1. The molecule has 0 aliphatic carbocycles. The molecule has 0 spiro atoms. The van der Waals surface area contributed by atoms with Crippen LogP contribution in [0.25, 0.3) is 10.9 Å². The summed E-state index contributed by atoms with van der Waals surface area (Å²) in [4.78, 5) is 24.9. The Bertz CT molecular complexity index is 981. The number of nitrogens with two attached hydrogens (primary N) is 1. The molecule has 27 heavy (non-hydrogen) atoms. The minimum Gasteiger partial charge on any atom is -0.504 e. The van der Waals surface area contributed by atoms with E-state index in [9.17, 15) is 9.90 Å². The Balaban J connectivity index is 1.54. The van der Waals surface area contributed by atoms with Gasteiger partial charge in [0.25, 0.3) is 5.91 Å². The molecule has 0 saturated carbocycles. The fourth-order valence-corrected chi connectivity index (χ4v) is 3.13. The van der Waals surface area contributed by atoms with Crippen LogP contribution in [-0.4, -0.2) is 59.2 Å². The number of benzene rings is 1. The molecule has 2 aromatic heterocycles. The minimum atomic E-state index is -0.129. The van der Waals surface area contributed by atoms with Gasteiger partial charge in [-0.2, -0.15) is 4.98 Å². The van der Waals surface area contributed by atoms with Crippen molar-refractivity contribution in [3.05, 3.63) is 36.3 Å². The van der Waals surface area contributed by atoms with E-state index < -0.39 is 0 Å². The van der Waals surface area contributed by atoms with Crippen LogP contribution in [0.3, 0.4) is 0 Å². The van der Waals surface area contributed by atoms with E-state index in [4.69, 9.17) is 14.9 Å². The predicted molar refractivity (Wildman–Crippen MR) is 99.0 cm³/mol. The maximum atomic E-state index is 12.4. The molecular formula is C18H19N5O4. The average Bonchev–Trinajstić information content (AvgIpc) is 3.22. The second-order valence-corrected chi connectivity index (χ2v) is 6.21. The lowest BCUT2D eigenvalue weighted by Crippen LogP contribution is -2.49. The quantitative estimate of drug-likeness (QED) is 0.713. The van der Waals surface area contributed by atoms with Crippen molar-refractivity contribution in [2.24, 2.45) is 0 Å². The number of nitrogens with zero attached hydrogens (tertiary/aromatic N) is 4. The minimum absolute atomic E-state index is 0.0112. The molecule has 0 bridgehead atoms. The van der Waals surface area contributed by atoms with Gasteiger partial charge in [0.1, 0.15) is 5.82 Å². The number of carbonyl (C=O) groups excluding carboxylic acids is 1. The van der Waals surface area contributed by atoms with E-state index in [1.807, 2.05) is 4.90 Å². The number of aromatic nitrogens is 2. The summed E-state index contributed by atoms with van der Waals surface area (Å²) < 4.78 is 10.3. The lowest BCUT2D eigenvalue weighted by atomic mass is 10.2. The van der Waals surface area contributed by atoms with Crippen molar-refractivity contribution in [2.45, 2.75) is 0 Å². The Morgan fingerprint density at radius 2 is 2.04 bits per heavy atom. The Labute approximate surface area is 155 Å². The second kappa shape index (κ2) is 6.67. The second-order valence-electron chi connectivity index (χ2n) is 6.21. The van der Waals surface area contributed by atoms with Crippen LogP contribution in [-0.2, 0) is 0 Å². The Morgan fingerprint density at radius 3 is 2.70 bits per heavy atom. The van der Waals surface area contributed by atoms with Gasteiger partial charge in [-0.25, -0.2) is 4.98 Å². The van der Waals surface area contributed by atoms with Crippen LogP contribution in [0.2, 0.25) is 0 Å². The number of piperazine rings is 1. The van der Waals surface area contributed by atoms with Crippen LogP contribution >= 0.6 is 0 Å². The maximum absolute atomic E-state index is 12.4. The van der Waals surface area contributed by atoms with Crippen LogP contribution in [0.15, 0.2) is 34.9 Å². The zero-order valence-corrected chi connectivity index (χ0v) is 14.8. The molecule has 1 aromatic carbocycles. The third kappa shape index (κ3) is 3.07. The van der Waals surface area contributed by atoms with E-state index in [2.05, 4.69) is 9.97 Å². The molecule has 1 aliphatic rings. The summed E-state index contributed by atoms with van der Waals surface area (Å²) in [6.07, 6.45) is 1.49. The van der Waals surface area contributed by atoms with Crippen molar-refractivity contribution in [1.82, 2.24) is 14.9 Å². The van der Waals surface area contributed by atoms with Crippen molar-refractivity contribution in [3.63, 3.8) is 0 Å². The topological polar surface area (TPSA) is 118 Å². The molecule has 3 N–H and O–H groups in total. The molecule has 3 heterocycles. The fourth-order valence-electron chi connectivity index (χ4n) is 3.13. The zero-order valence-electron chi connectivity index (χ0n) is 14.8. The molecule has 1 amide bonds. The molecule has 3 aromatic rings. The summed E-state index contributed by atoms with van der Waals surface area (Å²) in [7, 11) is 1.47. The van der Waals surface area contributed by atoms with E-state index in [-0.39, 0.29) is 11.7 Å². The van der Waals surface area contributed by atoms with Gasteiger partial charge in [0.15, 0.2) is 17.3 Å². The number of ether oxygens (including phenoxy) is 1. The average molecular weight is 369 g/mol. The highest BCUT2D eigenvalue weighted by Crippen LogP contribution is 2.33. The van der Waals surface area contributed by atoms with Crippen molar-refractivity contribution >= 4 is 28.6 Å². The predicted octanol–water partition coefficient (Wildman–Crippen LogP) is 1.48. The Morgan fingerprint density at radius 1 is 1.26 bits per heavy atom. The summed E-state index contributed by atoms with van der Waals surface area (Å²) in [6.45, 7) is 2.18. The fraction of sp³-hybridized carbons (Fsp3) is 0.278. The SMILES string of the molecule is COc1cc2c(N)nc(N3CCN(C(=O)c4ccco4)CC3)nc2cc1O. The normalized spacial score (nSPS) is 14.6. The van der Waals surface area contributed by atoms with E-state index in [0.717, 1.165) is 0 Å². The number of amides is 1. The third-order valence-corrected chi connectivity index (χ3v) is 4.60. The van der Waals surface area contributed by atoms with E-state index in [0.29, 0.717) is 60.4 Å². The largest absolute Gasteiger partial charge is 0.504 e. The number of aromatic hydroxyl groups is 1. The number of rotatable bonds is 3. The lowest BCUT2D eigenvalue weighted by molar-refractivity contribution is 0.0714. The van der Waals surface area contributed by atoms with Gasteiger partial charge >= 0.3 is 0 Å². The lowest BCUT2D eigenvalue weighted by Gasteiger charge is -2.34. The van der Waals surface area contributed by atoms with Crippen LogP contribution < -0.4 is 15.4 Å². The first kappa shape index (κ1) is 17.0. The van der Waals surface area contributed by atoms with Crippen LogP contribution in [0.1, 0.15) is 10.6 Å². The van der Waals surface area contributed by atoms with Gasteiger partial charge in [0.05, 0.1) is 18.9 Å². The van der Waals surface area contributed by atoms with Crippen LogP contribution in [0, 0.1) is 0 Å². The van der Waals surface area contributed by atoms with Gasteiger partial charge < -0.3 is 29.8 Å². The van der Waals surface area contributed by atoms with Crippen molar-refractivity contribution in [2.75, 3.05) is 43.9 Å². The van der Waals surface area contributed by atoms with Crippen molar-refractivity contribution in [3.8, 4) is 11.5 Å². The van der Waals surface area contributed by atoms with Gasteiger partial charge in [0, 0.05) is 37.6 Å². The summed E-state index contributed by atoms with van der Waals surface area (Å²) in [5.41, 5.74) is 6.62. The summed E-state index contributed by atoms with van der Waals surface area (Å²) in [5.74, 6) is 1.28. The van der Waals surface area contributed by atoms with E-state index >= 15 is 0 Å². The number of phenolic OH excluding ortho intramolecular Hbond substituents is 1.